The van der Waals surface area contributed by atoms with Gasteiger partial charge in [0.2, 0.25) is 0 Å². The second-order valence-corrected chi connectivity index (χ2v) is 4.63. The maximum Gasteiger partial charge on any atom is 0.305 e. The zero-order valence-electron chi connectivity index (χ0n) is 12.1. The maximum atomic E-state index is 11.4. The third-order valence-electron chi connectivity index (χ3n) is 2.70. The summed E-state index contributed by atoms with van der Waals surface area (Å²) in [5.74, 6) is -0.370. The SMILES string of the molecule is CNC(=O)c1ccc(NC(=S)NCCCC(=O)OC)cc1. The number of nitrogens with one attached hydrogen (secondary N) is 3. The summed E-state index contributed by atoms with van der Waals surface area (Å²) >= 11 is 5.13. The first-order valence-electron chi connectivity index (χ1n) is 6.50. The highest BCUT2D eigenvalue weighted by atomic mass is 32.1. The predicted molar refractivity (Wildman–Crippen MR) is 85.3 cm³/mol. The summed E-state index contributed by atoms with van der Waals surface area (Å²) in [5, 5.41) is 9.01. The van der Waals surface area contributed by atoms with Crippen molar-refractivity contribution in [2.75, 3.05) is 26.0 Å². The number of anilines is 1. The van der Waals surface area contributed by atoms with E-state index in [2.05, 4.69) is 20.7 Å². The van der Waals surface area contributed by atoms with Crippen LogP contribution in [0.5, 0.6) is 0 Å². The largest absolute Gasteiger partial charge is 0.469 e. The molecule has 1 amide bonds. The molecule has 0 aliphatic carbocycles. The molecule has 0 heterocycles. The molecular formula is C14H19N3O3S. The minimum atomic E-state index is -0.236. The van der Waals surface area contributed by atoms with Crippen molar-refractivity contribution in [1.82, 2.24) is 10.6 Å². The number of rotatable bonds is 6. The third-order valence-corrected chi connectivity index (χ3v) is 2.95. The van der Waals surface area contributed by atoms with E-state index in [-0.39, 0.29) is 11.9 Å². The predicted octanol–water partition coefficient (Wildman–Crippen LogP) is 1.29. The van der Waals surface area contributed by atoms with Gasteiger partial charge in [-0.05, 0) is 42.9 Å². The Bertz CT molecular complexity index is 503. The zero-order chi connectivity index (χ0) is 15.7. The smallest absolute Gasteiger partial charge is 0.305 e. The summed E-state index contributed by atoms with van der Waals surface area (Å²) in [6, 6.07) is 6.96. The maximum absolute atomic E-state index is 11.4. The van der Waals surface area contributed by atoms with E-state index in [1.807, 2.05) is 0 Å². The van der Waals surface area contributed by atoms with Crippen molar-refractivity contribution < 1.29 is 14.3 Å². The molecule has 0 radical (unpaired) electrons. The van der Waals surface area contributed by atoms with Crippen molar-refractivity contribution in [3.8, 4) is 0 Å². The number of benzene rings is 1. The fourth-order valence-corrected chi connectivity index (χ4v) is 1.78. The Hall–Kier alpha value is -2.15. The first-order chi connectivity index (χ1) is 10.1. The van der Waals surface area contributed by atoms with Gasteiger partial charge in [-0.2, -0.15) is 0 Å². The summed E-state index contributed by atoms with van der Waals surface area (Å²) in [7, 11) is 2.95. The molecule has 0 fully saturated rings. The third kappa shape index (κ3) is 6.22. The Morgan fingerprint density at radius 2 is 1.90 bits per heavy atom. The summed E-state index contributed by atoms with van der Waals surface area (Å²) < 4.78 is 4.54. The van der Waals surface area contributed by atoms with Crippen LogP contribution in [-0.2, 0) is 9.53 Å². The van der Waals surface area contributed by atoms with E-state index in [1.165, 1.54) is 7.11 Å². The molecule has 0 unspecified atom stereocenters. The van der Waals surface area contributed by atoms with Crippen molar-refractivity contribution in [3.63, 3.8) is 0 Å². The molecule has 3 N–H and O–H groups in total. The summed E-state index contributed by atoms with van der Waals surface area (Å²) in [5.41, 5.74) is 1.37. The van der Waals surface area contributed by atoms with Gasteiger partial charge in [0.25, 0.3) is 5.91 Å². The molecule has 0 saturated heterocycles. The lowest BCUT2D eigenvalue weighted by Gasteiger charge is -2.10. The minimum absolute atomic E-state index is 0.134. The standard InChI is InChI=1S/C14H19N3O3S/c1-15-13(19)10-5-7-11(8-6-10)17-14(21)16-9-3-4-12(18)20-2/h5-8H,3-4,9H2,1-2H3,(H,15,19)(H2,16,17,21). The van der Waals surface area contributed by atoms with Gasteiger partial charge in [0, 0.05) is 31.3 Å². The van der Waals surface area contributed by atoms with Crippen LogP contribution in [0.15, 0.2) is 24.3 Å². The molecule has 0 aromatic heterocycles. The van der Waals surface area contributed by atoms with E-state index in [0.29, 0.717) is 30.1 Å². The Labute approximate surface area is 129 Å². The highest BCUT2D eigenvalue weighted by molar-refractivity contribution is 7.80. The van der Waals surface area contributed by atoms with Gasteiger partial charge >= 0.3 is 5.97 Å². The average molecular weight is 309 g/mol. The van der Waals surface area contributed by atoms with Gasteiger partial charge < -0.3 is 20.7 Å². The number of amides is 1. The van der Waals surface area contributed by atoms with Crippen LogP contribution in [0.25, 0.3) is 0 Å². The number of carbonyl (C=O) groups is 2. The quantitative estimate of drug-likeness (QED) is 0.417. The number of carbonyl (C=O) groups excluding carboxylic acids is 2. The molecule has 0 spiro atoms. The number of esters is 1. The average Bonchev–Trinajstić information content (AvgIpc) is 2.51. The molecule has 7 heteroatoms. The Morgan fingerprint density at radius 1 is 1.24 bits per heavy atom. The number of methoxy groups -OCH3 is 1. The van der Waals surface area contributed by atoms with Crippen LogP contribution in [0.3, 0.4) is 0 Å². The van der Waals surface area contributed by atoms with Crippen LogP contribution in [0.1, 0.15) is 23.2 Å². The summed E-state index contributed by atoms with van der Waals surface area (Å²) in [4.78, 5) is 22.3. The van der Waals surface area contributed by atoms with Crippen molar-refractivity contribution in [3.05, 3.63) is 29.8 Å². The van der Waals surface area contributed by atoms with Gasteiger partial charge in [-0.15, -0.1) is 0 Å². The van der Waals surface area contributed by atoms with Crippen LogP contribution in [0, 0.1) is 0 Å². The number of hydrogen-bond donors (Lipinski definition) is 3. The fraction of sp³-hybridized carbons (Fsp3) is 0.357. The van der Waals surface area contributed by atoms with Crippen molar-refractivity contribution in [2.24, 2.45) is 0 Å². The van der Waals surface area contributed by atoms with E-state index < -0.39 is 0 Å². The van der Waals surface area contributed by atoms with E-state index in [0.717, 1.165) is 5.69 Å². The molecule has 0 aliphatic heterocycles. The van der Waals surface area contributed by atoms with Gasteiger partial charge in [-0.25, -0.2) is 0 Å². The molecule has 21 heavy (non-hydrogen) atoms. The lowest BCUT2D eigenvalue weighted by molar-refractivity contribution is -0.140. The van der Waals surface area contributed by atoms with Crippen LogP contribution in [-0.4, -0.2) is 37.7 Å². The van der Waals surface area contributed by atoms with Gasteiger partial charge in [-0.3, -0.25) is 9.59 Å². The monoisotopic (exact) mass is 309 g/mol. The molecule has 1 aromatic rings. The number of ether oxygens (including phenoxy) is 1. The first kappa shape index (κ1) is 16.9. The highest BCUT2D eigenvalue weighted by Crippen LogP contribution is 2.09. The van der Waals surface area contributed by atoms with Crippen molar-refractivity contribution >= 4 is 34.9 Å². The van der Waals surface area contributed by atoms with Crippen LogP contribution in [0.2, 0.25) is 0 Å². The summed E-state index contributed by atoms with van der Waals surface area (Å²) in [6.07, 6.45) is 0.997. The normalized spacial score (nSPS) is 9.62. The molecule has 114 valence electrons. The second kappa shape index (κ2) is 8.91. The fourth-order valence-electron chi connectivity index (χ4n) is 1.56. The summed E-state index contributed by atoms with van der Waals surface area (Å²) in [6.45, 7) is 0.581. The number of hydrogen-bond acceptors (Lipinski definition) is 4. The molecule has 0 aliphatic rings. The molecule has 0 bridgehead atoms. The topological polar surface area (TPSA) is 79.5 Å². The van der Waals surface area contributed by atoms with E-state index in [1.54, 1.807) is 31.3 Å². The molecule has 6 nitrogen and oxygen atoms in total. The van der Waals surface area contributed by atoms with Gasteiger partial charge in [-0.1, -0.05) is 0 Å². The first-order valence-corrected chi connectivity index (χ1v) is 6.91. The Balaban J connectivity index is 2.34. The van der Waals surface area contributed by atoms with Gasteiger partial charge in [0.15, 0.2) is 5.11 Å². The van der Waals surface area contributed by atoms with Crippen LogP contribution in [0.4, 0.5) is 5.69 Å². The number of thiocarbonyl (C=S) groups is 1. The van der Waals surface area contributed by atoms with Gasteiger partial charge in [0.1, 0.15) is 0 Å². The minimum Gasteiger partial charge on any atom is -0.469 e. The molecule has 1 aromatic carbocycles. The van der Waals surface area contributed by atoms with E-state index in [9.17, 15) is 9.59 Å². The Morgan fingerprint density at radius 3 is 2.48 bits per heavy atom. The second-order valence-electron chi connectivity index (χ2n) is 4.22. The van der Waals surface area contributed by atoms with Crippen molar-refractivity contribution in [2.45, 2.75) is 12.8 Å². The zero-order valence-corrected chi connectivity index (χ0v) is 12.9. The van der Waals surface area contributed by atoms with Crippen LogP contribution < -0.4 is 16.0 Å². The van der Waals surface area contributed by atoms with Crippen molar-refractivity contribution in [1.29, 1.82) is 0 Å². The van der Waals surface area contributed by atoms with E-state index >= 15 is 0 Å². The molecule has 0 atom stereocenters. The van der Waals surface area contributed by atoms with Crippen LogP contribution >= 0.6 is 12.2 Å². The van der Waals surface area contributed by atoms with Gasteiger partial charge in [0.05, 0.1) is 7.11 Å². The molecule has 1 rings (SSSR count). The lowest BCUT2D eigenvalue weighted by atomic mass is 10.2. The Kier molecular flexibility index (Phi) is 7.17. The highest BCUT2D eigenvalue weighted by Gasteiger charge is 2.03. The molecule has 0 saturated carbocycles. The molecular weight excluding hydrogens is 290 g/mol. The lowest BCUT2D eigenvalue weighted by Crippen LogP contribution is -2.29. The van der Waals surface area contributed by atoms with E-state index in [4.69, 9.17) is 12.2 Å².